The van der Waals surface area contributed by atoms with Crippen LogP contribution in [0.3, 0.4) is 0 Å². The number of amides is 2. The molecule has 3 aromatic carbocycles. The molecule has 2 saturated heterocycles. The van der Waals surface area contributed by atoms with E-state index in [2.05, 4.69) is 55.5 Å². The van der Waals surface area contributed by atoms with Gasteiger partial charge < -0.3 is 33.9 Å². The Morgan fingerprint density at radius 2 is 1.77 bits per heavy atom. The van der Waals surface area contributed by atoms with E-state index < -0.39 is 22.0 Å². The van der Waals surface area contributed by atoms with Gasteiger partial charge in [-0.25, -0.2) is 23.1 Å². The summed E-state index contributed by atoms with van der Waals surface area (Å²) in [4.78, 5) is 46.1. The van der Waals surface area contributed by atoms with Crippen LogP contribution in [0.25, 0.3) is 16.6 Å². The van der Waals surface area contributed by atoms with Crippen LogP contribution in [0.4, 0.5) is 5.69 Å². The van der Waals surface area contributed by atoms with Crippen LogP contribution >= 0.6 is 23.2 Å². The quantitative estimate of drug-likeness (QED) is 0.116. The van der Waals surface area contributed by atoms with Crippen molar-refractivity contribution >= 4 is 67.3 Å². The number of ether oxygens (including phenoxy) is 3. The molecule has 2 aliphatic heterocycles. The van der Waals surface area contributed by atoms with Crippen LogP contribution in [-0.2, 0) is 19.6 Å². The van der Waals surface area contributed by atoms with Crippen molar-refractivity contribution in [3.8, 4) is 17.4 Å². The zero-order valence-electron chi connectivity index (χ0n) is 37.0. The summed E-state index contributed by atoms with van der Waals surface area (Å²) >= 11 is 12.7. The number of rotatable bonds is 14. The highest BCUT2D eigenvalue weighted by Crippen LogP contribution is 2.43. The molecule has 1 aliphatic carbocycles. The van der Waals surface area contributed by atoms with Gasteiger partial charge in [-0.15, -0.1) is 0 Å². The standard InChI is InChI=1S/C47H54Cl2N8O7S/c1-47(2)15-14-32(38(24-47)31-8-10-33(48)11-9-31)26-55-16-18-56(19-17-55)34-12-13-37(42(22-34)64-41-7-5-6-40-44(41)52-30-51-40)45(59)53-65(60,61)36-23-39(49)46(50-25-36)63-29-35-27-57(20-21-62-35)43(58)28-54(3)4/h5-13,22-23,25,30,35H,14-21,24,26-29H2,1-4H3,(H,51,52)(H,53,59)/t35-/m0/s1. The summed E-state index contributed by atoms with van der Waals surface area (Å²) in [5.41, 5.74) is 6.46. The third-order valence-electron chi connectivity index (χ3n) is 12.0. The Balaban J connectivity index is 0.962. The highest BCUT2D eigenvalue weighted by molar-refractivity contribution is 7.90. The van der Waals surface area contributed by atoms with Crippen LogP contribution < -0.4 is 19.1 Å². The average Bonchev–Trinajstić information content (AvgIpc) is 3.77. The number of aromatic nitrogens is 3. The molecule has 0 spiro atoms. The van der Waals surface area contributed by atoms with Crippen molar-refractivity contribution in [2.24, 2.45) is 5.41 Å². The Morgan fingerprint density at radius 3 is 2.52 bits per heavy atom. The largest absolute Gasteiger partial charge is 0.474 e. The third-order valence-corrected chi connectivity index (χ3v) is 13.9. The van der Waals surface area contributed by atoms with Gasteiger partial charge in [-0.3, -0.25) is 14.5 Å². The van der Waals surface area contributed by atoms with E-state index in [-0.39, 0.29) is 51.6 Å². The molecule has 4 heterocycles. The Kier molecular flexibility index (Phi) is 14.0. The minimum Gasteiger partial charge on any atom is -0.474 e. The number of likely N-dealkylation sites (N-methyl/N-ethyl adjacent to an activating group) is 1. The maximum Gasteiger partial charge on any atom is 0.268 e. The first-order valence-corrected chi connectivity index (χ1v) is 23.9. The van der Waals surface area contributed by atoms with Gasteiger partial charge in [0.05, 0.1) is 43.3 Å². The molecule has 0 radical (unpaired) electrons. The molecule has 15 nitrogen and oxygen atoms in total. The predicted octanol–water partition coefficient (Wildman–Crippen LogP) is 7.13. The number of sulfonamides is 1. The molecule has 0 saturated carbocycles. The SMILES string of the molecule is CN(C)CC(=O)N1CCO[C@H](COc2ncc(S(=O)(=O)NC(=O)c3ccc(N4CCN(CC5=C(c6ccc(Cl)cc6)CC(C)(C)CC5)CC4)cc3Oc3cccc4[nH]cnc34)cc2Cl)C1. The van der Waals surface area contributed by atoms with Crippen molar-refractivity contribution in [2.45, 2.75) is 44.1 Å². The van der Waals surface area contributed by atoms with E-state index in [0.29, 0.717) is 31.0 Å². The first-order valence-electron chi connectivity index (χ1n) is 21.7. The number of anilines is 1. The summed E-state index contributed by atoms with van der Waals surface area (Å²) < 4.78 is 47.6. The number of carbonyl (C=O) groups excluding carboxylic acids is 2. The van der Waals surface area contributed by atoms with Crippen molar-refractivity contribution in [3.05, 3.63) is 106 Å². The summed E-state index contributed by atoms with van der Waals surface area (Å²) in [5, 5.41) is 0.647. The lowest BCUT2D eigenvalue weighted by molar-refractivity contribution is -0.140. The molecular formula is C47H54Cl2N8O7S. The fourth-order valence-corrected chi connectivity index (χ4v) is 9.85. The lowest BCUT2D eigenvalue weighted by Gasteiger charge is -2.39. The molecule has 5 aromatic rings. The monoisotopic (exact) mass is 944 g/mol. The topological polar surface area (TPSA) is 163 Å². The summed E-state index contributed by atoms with van der Waals surface area (Å²) in [6.45, 7) is 10.2. The second-order valence-electron chi connectivity index (χ2n) is 17.8. The second-order valence-corrected chi connectivity index (χ2v) is 20.3. The number of halogens is 2. The fourth-order valence-electron chi connectivity index (χ4n) is 8.50. The van der Waals surface area contributed by atoms with Gasteiger partial charge >= 0.3 is 0 Å². The van der Waals surface area contributed by atoms with Gasteiger partial charge in [0.25, 0.3) is 15.9 Å². The molecule has 2 fully saturated rings. The Hall–Kier alpha value is -5.23. The van der Waals surface area contributed by atoms with Crippen LogP contribution in [-0.4, -0.2) is 136 Å². The van der Waals surface area contributed by atoms with Crippen LogP contribution in [0.1, 0.15) is 49.0 Å². The minimum absolute atomic E-state index is 0.00464. The maximum absolute atomic E-state index is 14.0. The van der Waals surface area contributed by atoms with Crippen molar-refractivity contribution in [3.63, 3.8) is 0 Å². The molecule has 1 atom stereocenters. The number of nitrogens with one attached hydrogen (secondary N) is 2. The van der Waals surface area contributed by atoms with E-state index in [4.69, 9.17) is 37.4 Å². The van der Waals surface area contributed by atoms with Gasteiger partial charge in [-0.1, -0.05) is 60.8 Å². The van der Waals surface area contributed by atoms with E-state index in [0.717, 1.165) is 80.5 Å². The number of hydrogen-bond acceptors (Lipinski definition) is 12. The fraction of sp³-hybridized carbons (Fsp3) is 0.404. The van der Waals surface area contributed by atoms with Gasteiger partial charge in [-0.05, 0) is 92.4 Å². The van der Waals surface area contributed by atoms with Gasteiger partial charge in [0.2, 0.25) is 11.8 Å². The first kappa shape index (κ1) is 46.3. The molecule has 344 valence electrons. The number of carbonyl (C=O) groups is 2. The number of fused-ring (bicyclic) bond motifs is 1. The Morgan fingerprint density at radius 1 is 0.985 bits per heavy atom. The maximum atomic E-state index is 14.0. The molecule has 2 amide bonds. The van der Waals surface area contributed by atoms with Crippen LogP contribution in [0.2, 0.25) is 10.0 Å². The number of pyridine rings is 1. The number of aromatic amines is 1. The zero-order chi connectivity index (χ0) is 45.9. The summed E-state index contributed by atoms with van der Waals surface area (Å²) in [6.07, 6.45) is 5.39. The molecule has 0 bridgehead atoms. The minimum atomic E-state index is -4.48. The van der Waals surface area contributed by atoms with Gasteiger partial charge in [-0.2, -0.15) is 0 Å². The number of morpholine rings is 1. The average molecular weight is 946 g/mol. The zero-order valence-corrected chi connectivity index (χ0v) is 39.3. The van der Waals surface area contributed by atoms with E-state index in [1.807, 2.05) is 38.4 Å². The highest BCUT2D eigenvalue weighted by atomic mass is 35.5. The normalized spacial score (nSPS) is 18.3. The number of allylic oxidation sites excluding steroid dienone is 1. The number of hydrogen-bond donors (Lipinski definition) is 2. The van der Waals surface area contributed by atoms with E-state index in [9.17, 15) is 18.0 Å². The van der Waals surface area contributed by atoms with E-state index in [1.54, 1.807) is 40.4 Å². The third kappa shape index (κ3) is 11.2. The predicted molar refractivity (Wildman–Crippen MR) is 252 cm³/mol. The smallest absolute Gasteiger partial charge is 0.268 e. The molecule has 2 N–H and O–H groups in total. The van der Waals surface area contributed by atoms with Crippen LogP contribution in [0.15, 0.2) is 89.7 Å². The number of benzene rings is 3. The van der Waals surface area contributed by atoms with Crippen molar-refractivity contribution < 1.29 is 32.2 Å². The lowest BCUT2D eigenvalue weighted by Crippen LogP contribution is -2.49. The highest BCUT2D eigenvalue weighted by Gasteiger charge is 2.31. The summed E-state index contributed by atoms with van der Waals surface area (Å²) in [6, 6.07) is 19.9. The summed E-state index contributed by atoms with van der Waals surface area (Å²) in [7, 11) is -0.823. The molecule has 18 heteroatoms. The molecule has 0 unspecified atom stereocenters. The van der Waals surface area contributed by atoms with Crippen LogP contribution in [0.5, 0.6) is 17.4 Å². The Bertz CT molecular complexity index is 2680. The van der Waals surface area contributed by atoms with Crippen molar-refractivity contribution in [1.82, 2.24) is 34.4 Å². The van der Waals surface area contributed by atoms with Gasteiger partial charge in [0.1, 0.15) is 33.9 Å². The molecule has 65 heavy (non-hydrogen) atoms. The van der Waals surface area contributed by atoms with Crippen molar-refractivity contribution in [1.29, 1.82) is 0 Å². The number of nitrogens with zero attached hydrogens (tertiary/aromatic N) is 6. The summed E-state index contributed by atoms with van der Waals surface area (Å²) in [5.74, 6) is -0.407. The number of piperazine rings is 1. The number of imidazole rings is 1. The molecule has 8 rings (SSSR count). The number of para-hydroxylation sites is 1. The lowest BCUT2D eigenvalue weighted by atomic mass is 9.72. The number of H-pyrrole nitrogens is 1. The van der Waals surface area contributed by atoms with Gasteiger partial charge in [0, 0.05) is 56.0 Å². The molecule has 2 aromatic heterocycles. The van der Waals surface area contributed by atoms with Crippen molar-refractivity contribution in [2.75, 3.05) is 84.6 Å². The van der Waals surface area contributed by atoms with E-state index in [1.165, 1.54) is 16.7 Å². The first-order chi connectivity index (χ1) is 31.1. The van der Waals surface area contributed by atoms with Crippen LogP contribution in [0, 0.1) is 5.41 Å². The second kappa shape index (κ2) is 19.7. The molecule has 3 aliphatic rings. The Labute approximate surface area is 389 Å². The van der Waals surface area contributed by atoms with E-state index >= 15 is 0 Å². The molecular weight excluding hydrogens is 892 g/mol. The van der Waals surface area contributed by atoms with Gasteiger partial charge in [0.15, 0.2) is 5.75 Å².